The van der Waals surface area contributed by atoms with Gasteiger partial charge in [0, 0.05) is 5.69 Å². The maximum Gasteiger partial charge on any atom is 0.323 e. The molecular formula is C8H11N5O. The fraction of sp³-hybridized carbons (Fsp3) is 0.125. The van der Waals surface area contributed by atoms with Crippen molar-refractivity contribution in [2.45, 2.75) is 0 Å². The first-order chi connectivity index (χ1) is 6.79. The number of nitrogens with two attached hydrogens (primary N) is 1. The van der Waals surface area contributed by atoms with Gasteiger partial charge in [0.1, 0.15) is 0 Å². The van der Waals surface area contributed by atoms with Crippen molar-refractivity contribution in [3.05, 3.63) is 28.7 Å². The number of aromatic amines is 2. The van der Waals surface area contributed by atoms with E-state index >= 15 is 0 Å². The van der Waals surface area contributed by atoms with E-state index in [4.69, 9.17) is 5.84 Å². The van der Waals surface area contributed by atoms with Crippen LogP contribution in [0.1, 0.15) is 0 Å². The smallest absolute Gasteiger partial charge is 0.323 e. The summed E-state index contributed by atoms with van der Waals surface area (Å²) in [5, 5.41) is 3.02. The van der Waals surface area contributed by atoms with Crippen molar-refractivity contribution < 1.29 is 0 Å². The number of imidazole rings is 1. The zero-order valence-electron chi connectivity index (χ0n) is 7.42. The van der Waals surface area contributed by atoms with Crippen molar-refractivity contribution in [3.8, 4) is 0 Å². The summed E-state index contributed by atoms with van der Waals surface area (Å²) in [6, 6.07) is 5.53. The molecule has 14 heavy (non-hydrogen) atoms. The van der Waals surface area contributed by atoms with Gasteiger partial charge in [0.25, 0.3) is 0 Å². The molecule has 2 aromatic rings. The summed E-state index contributed by atoms with van der Waals surface area (Å²) in [6.07, 6.45) is 0. The average Bonchev–Trinajstić information content (AvgIpc) is 2.54. The lowest BCUT2D eigenvalue weighted by Gasteiger charge is -2.04. The number of hydrogen-bond donors (Lipinski definition) is 5. The highest BCUT2D eigenvalue weighted by molar-refractivity contribution is 5.78. The number of H-pyrrole nitrogens is 2. The van der Waals surface area contributed by atoms with Crippen LogP contribution in [0.4, 0.5) is 5.69 Å². The number of hydrogen-bond acceptors (Lipinski definition) is 4. The number of rotatable bonds is 3. The molecule has 0 bridgehead atoms. The largest absolute Gasteiger partial charge is 0.371 e. The van der Waals surface area contributed by atoms with Crippen molar-refractivity contribution in [1.29, 1.82) is 0 Å². The summed E-state index contributed by atoms with van der Waals surface area (Å²) in [5.74, 6) is 5.12. The predicted octanol–water partition coefficient (Wildman–Crippen LogP) is -0.311. The molecule has 0 saturated heterocycles. The zero-order chi connectivity index (χ0) is 9.97. The minimum absolute atomic E-state index is 0.200. The Balaban J connectivity index is 2.35. The molecule has 74 valence electrons. The maximum absolute atomic E-state index is 11.0. The summed E-state index contributed by atoms with van der Waals surface area (Å²) in [4.78, 5) is 16.3. The van der Waals surface area contributed by atoms with Gasteiger partial charge in [-0.15, -0.1) is 0 Å². The van der Waals surface area contributed by atoms with E-state index in [-0.39, 0.29) is 5.69 Å². The molecule has 0 unspecified atom stereocenters. The Morgan fingerprint density at radius 2 is 2.07 bits per heavy atom. The third-order valence-corrected chi connectivity index (χ3v) is 1.91. The lowest BCUT2D eigenvalue weighted by atomic mass is 10.3. The third kappa shape index (κ3) is 1.61. The van der Waals surface area contributed by atoms with Crippen LogP contribution in [-0.4, -0.2) is 16.6 Å². The summed E-state index contributed by atoms with van der Waals surface area (Å²) < 4.78 is 0. The van der Waals surface area contributed by atoms with Crippen LogP contribution in [0, 0.1) is 0 Å². The number of nitrogens with one attached hydrogen (secondary N) is 4. The van der Waals surface area contributed by atoms with Gasteiger partial charge in [-0.1, -0.05) is 0 Å². The van der Waals surface area contributed by atoms with Gasteiger partial charge in [0.2, 0.25) is 0 Å². The number of hydrazine groups is 1. The second-order valence-electron chi connectivity index (χ2n) is 2.90. The van der Waals surface area contributed by atoms with E-state index in [2.05, 4.69) is 20.7 Å². The Morgan fingerprint density at radius 3 is 2.86 bits per heavy atom. The van der Waals surface area contributed by atoms with Crippen molar-refractivity contribution in [1.82, 2.24) is 15.4 Å². The Kier molecular flexibility index (Phi) is 2.21. The van der Waals surface area contributed by atoms with E-state index in [1.54, 1.807) is 0 Å². The number of aromatic nitrogens is 2. The van der Waals surface area contributed by atoms with Crippen molar-refractivity contribution >= 4 is 16.7 Å². The van der Waals surface area contributed by atoms with Crippen LogP contribution in [0.25, 0.3) is 11.0 Å². The molecule has 1 aromatic carbocycles. The van der Waals surface area contributed by atoms with Gasteiger partial charge < -0.3 is 15.3 Å². The second kappa shape index (κ2) is 3.52. The molecule has 0 amide bonds. The highest BCUT2D eigenvalue weighted by Crippen LogP contribution is 2.13. The molecule has 0 atom stereocenters. The summed E-state index contributed by atoms with van der Waals surface area (Å²) in [7, 11) is 0. The Bertz CT molecular complexity index is 486. The van der Waals surface area contributed by atoms with Gasteiger partial charge in [0.15, 0.2) is 0 Å². The molecule has 0 saturated carbocycles. The molecule has 6 heteroatoms. The molecule has 0 fully saturated rings. The highest BCUT2D eigenvalue weighted by Gasteiger charge is 1.98. The van der Waals surface area contributed by atoms with Gasteiger partial charge in [0.05, 0.1) is 17.7 Å². The summed E-state index contributed by atoms with van der Waals surface area (Å²) in [5.41, 5.74) is 4.74. The van der Waals surface area contributed by atoms with Crippen molar-refractivity contribution in [2.75, 3.05) is 12.0 Å². The second-order valence-corrected chi connectivity index (χ2v) is 2.90. The van der Waals surface area contributed by atoms with Crippen LogP contribution in [0.3, 0.4) is 0 Å². The summed E-state index contributed by atoms with van der Waals surface area (Å²) >= 11 is 0. The van der Waals surface area contributed by atoms with E-state index in [0.717, 1.165) is 16.7 Å². The highest BCUT2D eigenvalue weighted by atomic mass is 16.1. The standard InChI is InChI=1S/C8H11N5O/c9-11-4-10-5-1-2-6-7(3-5)13-8(14)12-6/h1-3,10-11H,4,9H2,(H2,12,13,14). The Morgan fingerprint density at radius 1 is 1.29 bits per heavy atom. The van der Waals surface area contributed by atoms with Gasteiger partial charge in [-0.3, -0.25) is 5.84 Å². The quantitative estimate of drug-likeness (QED) is 0.262. The normalized spacial score (nSPS) is 10.6. The van der Waals surface area contributed by atoms with E-state index < -0.39 is 0 Å². The van der Waals surface area contributed by atoms with Crippen LogP contribution in [0.2, 0.25) is 0 Å². The molecule has 1 aromatic heterocycles. The molecule has 6 N–H and O–H groups in total. The van der Waals surface area contributed by atoms with E-state index in [0.29, 0.717) is 6.67 Å². The molecule has 0 aliphatic rings. The lowest BCUT2D eigenvalue weighted by Crippen LogP contribution is -2.28. The SMILES string of the molecule is NNCNc1ccc2[nH]c(=O)[nH]c2c1. The zero-order valence-corrected chi connectivity index (χ0v) is 7.42. The number of fused-ring (bicyclic) bond motifs is 1. The van der Waals surface area contributed by atoms with Crippen LogP contribution in [0.15, 0.2) is 23.0 Å². The predicted molar refractivity (Wildman–Crippen MR) is 54.7 cm³/mol. The first-order valence-corrected chi connectivity index (χ1v) is 4.19. The molecule has 0 aliphatic carbocycles. The van der Waals surface area contributed by atoms with Crippen LogP contribution >= 0.6 is 0 Å². The van der Waals surface area contributed by atoms with Gasteiger partial charge in [-0.2, -0.15) is 0 Å². The van der Waals surface area contributed by atoms with Gasteiger partial charge >= 0.3 is 5.69 Å². The van der Waals surface area contributed by atoms with Gasteiger partial charge in [-0.05, 0) is 18.2 Å². The van der Waals surface area contributed by atoms with Crippen molar-refractivity contribution in [3.63, 3.8) is 0 Å². The topological polar surface area (TPSA) is 98.7 Å². The molecule has 2 rings (SSSR count). The summed E-state index contributed by atoms with van der Waals surface area (Å²) in [6.45, 7) is 0.472. The van der Waals surface area contributed by atoms with E-state index in [1.165, 1.54) is 0 Å². The minimum Gasteiger partial charge on any atom is -0.371 e. The van der Waals surface area contributed by atoms with Gasteiger partial charge in [-0.25, -0.2) is 10.2 Å². The average molecular weight is 193 g/mol. The van der Waals surface area contributed by atoms with Crippen molar-refractivity contribution in [2.24, 2.45) is 5.84 Å². The molecule has 0 spiro atoms. The van der Waals surface area contributed by atoms with Crippen LogP contribution in [0.5, 0.6) is 0 Å². The molecule has 0 radical (unpaired) electrons. The molecular weight excluding hydrogens is 182 g/mol. The maximum atomic E-state index is 11.0. The van der Waals surface area contributed by atoms with E-state index in [9.17, 15) is 4.79 Å². The Hall–Kier alpha value is -1.79. The molecule has 0 aliphatic heterocycles. The monoisotopic (exact) mass is 193 g/mol. The number of anilines is 1. The van der Waals surface area contributed by atoms with E-state index in [1.807, 2.05) is 18.2 Å². The third-order valence-electron chi connectivity index (χ3n) is 1.91. The Labute approximate surface area is 79.5 Å². The van der Waals surface area contributed by atoms with Crippen LogP contribution in [-0.2, 0) is 0 Å². The fourth-order valence-electron chi connectivity index (χ4n) is 1.30. The molecule has 1 heterocycles. The number of benzene rings is 1. The fourth-order valence-corrected chi connectivity index (χ4v) is 1.30. The van der Waals surface area contributed by atoms with Crippen LogP contribution < -0.4 is 22.3 Å². The molecule has 6 nitrogen and oxygen atoms in total. The first kappa shape index (κ1) is 8.79. The lowest BCUT2D eigenvalue weighted by molar-refractivity contribution is 0.790. The first-order valence-electron chi connectivity index (χ1n) is 4.19. The minimum atomic E-state index is -0.200.